The molecule has 9 nitrogen and oxygen atoms in total. The molecule has 0 aromatic carbocycles. The molecule has 168 valence electrons. The van der Waals surface area contributed by atoms with Gasteiger partial charge in [0, 0.05) is 17.0 Å². The van der Waals surface area contributed by atoms with Gasteiger partial charge >= 0.3 is 5.97 Å². The molecule has 0 aromatic rings. The van der Waals surface area contributed by atoms with Crippen LogP contribution in [0, 0.1) is 10.1 Å². The van der Waals surface area contributed by atoms with Crippen molar-refractivity contribution in [3.63, 3.8) is 0 Å². The second kappa shape index (κ2) is 12.4. The van der Waals surface area contributed by atoms with Crippen molar-refractivity contribution in [3.05, 3.63) is 10.1 Å². The Kier molecular flexibility index (Phi) is 11.1. The topological polar surface area (TPSA) is 123 Å². The van der Waals surface area contributed by atoms with Crippen molar-refractivity contribution in [1.29, 1.82) is 0 Å². The summed E-state index contributed by atoms with van der Waals surface area (Å²) in [5.41, 5.74) is -0.262. The van der Waals surface area contributed by atoms with E-state index < -0.39 is 5.54 Å². The van der Waals surface area contributed by atoms with Crippen LogP contribution in [0.4, 0.5) is 0 Å². The molecular weight excluding hydrogens is 444 g/mol. The van der Waals surface area contributed by atoms with Gasteiger partial charge in [-0.05, 0) is 25.7 Å². The number of carbonyl (C=O) groups excluding carboxylic acids is 2. The van der Waals surface area contributed by atoms with E-state index in [0.29, 0.717) is 6.54 Å². The summed E-state index contributed by atoms with van der Waals surface area (Å²) >= 11 is 0. The molecule has 1 heterocycles. The Bertz CT molecular complexity index is 537. The van der Waals surface area contributed by atoms with Crippen LogP contribution in [0.25, 0.3) is 0 Å². The van der Waals surface area contributed by atoms with Crippen LogP contribution in [-0.4, -0.2) is 61.2 Å². The average molecular weight is 479 g/mol. The van der Waals surface area contributed by atoms with Crippen molar-refractivity contribution in [3.8, 4) is 0 Å². The lowest BCUT2D eigenvalue weighted by Crippen LogP contribution is -2.61. The molecule has 0 unspecified atom stereocenters. The summed E-state index contributed by atoms with van der Waals surface area (Å²) in [6.07, 6.45) is 11.0. The fourth-order valence-corrected chi connectivity index (χ4v) is 4.44. The van der Waals surface area contributed by atoms with Crippen LogP contribution in [0.2, 0.25) is 0 Å². The van der Waals surface area contributed by atoms with Crippen LogP contribution in [0.3, 0.4) is 0 Å². The monoisotopic (exact) mass is 478 g/mol. The summed E-state index contributed by atoms with van der Waals surface area (Å²) < 4.78 is 4.52. The highest BCUT2D eigenvalue weighted by Crippen LogP contribution is 2.29. The lowest BCUT2D eigenvalue weighted by atomic mass is 9.80. The molecule has 2 aliphatic carbocycles. The Morgan fingerprint density at radius 2 is 1.72 bits per heavy atom. The number of hydrogen-bond acceptors (Lipinski definition) is 7. The quantitative estimate of drug-likeness (QED) is 0.312. The second-order valence-corrected chi connectivity index (χ2v) is 8.23. The average Bonchev–Trinajstić information content (AvgIpc) is 2.70. The minimum Gasteiger partial charge on any atom is -0.468 e. The van der Waals surface area contributed by atoms with Crippen LogP contribution in [-0.2, 0) is 14.3 Å². The number of halogens is 1. The molecule has 3 rings (SSSR count). The Labute approximate surface area is 183 Å². The fraction of sp³-hybridized carbons (Fsp3) is 0.895. The zero-order valence-corrected chi connectivity index (χ0v) is 19.0. The number of hydrogen-bond donors (Lipinski definition) is 3. The lowest BCUT2D eigenvalue weighted by Gasteiger charge is -2.41. The molecular formula is C19H35BrN4O5. The van der Waals surface area contributed by atoms with Crippen LogP contribution in [0.5, 0.6) is 0 Å². The number of nitrogens with one attached hydrogen (secondary N) is 3. The number of carbonyl (C=O) groups is 2. The van der Waals surface area contributed by atoms with Crippen molar-refractivity contribution in [1.82, 2.24) is 16.0 Å². The number of amides is 1. The van der Waals surface area contributed by atoms with Crippen molar-refractivity contribution in [2.24, 2.45) is 0 Å². The molecule has 0 bridgehead atoms. The number of rotatable bonds is 5. The zero-order chi connectivity index (χ0) is 20.5. The largest absolute Gasteiger partial charge is 0.468 e. The van der Waals surface area contributed by atoms with E-state index in [0.717, 1.165) is 38.6 Å². The van der Waals surface area contributed by atoms with Gasteiger partial charge in [-0.1, -0.05) is 38.5 Å². The summed E-state index contributed by atoms with van der Waals surface area (Å²) in [6.45, 7) is 1.28. The van der Waals surface area contributed by atoms with E-state index in [4.69, 9.17) is 0 Å². The van der Waals surface area contributed by atoms with E-state index in [1.165, 1.54) is 39.2 Å². The van der Waals surface area contributed by atoms with Gasteiger partial charge in [0.25, 0.3) is 0 Å². The maximum atomic E-state index is 11.0. The Hall–Kier alpha value is -1.26. The molecule has 1 spiro atoms. The van der Waals surface area contributed by atoms with Gasteiger partial charge in [-0.2, -0.15) is 0 Å². The molecule has 1 amide bonds. The number of nitro groups is 1. The Balaban J connectivity index is 0.000000289. The van der Waals surface area contributed by atoms with Gasteiger partial charge < -0.3 is 15.4 Å². The van der Waals surface area contributed by atoms with Gasteiger partial charge in [0.2, 0.25) is 12.5 Å². The van der Waals surface area contributed by atoms with Gasteiger partial charge in [0.05, 0.1) is 25.7 Å². The van der Waals surface area contributed by atoms with E-state index >= 15 is 0 Å². The third-order valence-electron chi connectivity index (χ3n) is 6.14. The maximum Gasteiger partial charge on any atom is 0.319 e. The second-order valence-electron chi connectivity index (χ2n) is 8.23. The lowest BCUT2D eigenvalue weighted by molar-refractivity contribution is -0.492. The third kappa shape index (κ3) is 8.55. The summed E-state index contributed by atoms with van der Waals surface area (Å²) in [4.78, 5) is 32.3. The first-order valence-corrected chi connectivity index (χ1v) is 10.3. The van der Waals surface area contributed by atoms with Crippen LogP contribution < -0.4 is 16.0 Å². The van der Waals surface area contributed by atoms with Crippen molar-refractivity contribution in [2.75, 3.05) is 33.3 Å². The summed E-state index contributed by atoms with van der Waals surface area (Å²) in [5, 5.41) is 20.0. The van der Waals surface area contributed by atoms with E-state index in [-0.39, 0.29) is 52.4 Å². The van der Waals surface area contributed by atoms with Crippen molar-refractivity contribution >= 4 is 28.9 Å². The molecule has 10 heteroatoms. The number of ether oxygens (including phenoxy) is 1. The molecule has 3 fully saturated rings. The fourth-order valence-electron chi connectivity index (χ4n) is 4.44. The van der Waals surface area contributed by atoms with Gasteiger partial charge in [-0.3, -0.25) is 25.0 Å². The number of esters is 1. The maximum absolute atomic E-state index is 11.0. The van der Waals surface area contributed by atoms with Gasteiger partial charge in [0.1, 0.15) is 0 Å². The minimum absolute atomic E-state index is 0. The number of piperazine rings is 1. The smallest absolute Gasteiger partial charge is 0.319 e. The Morgan fingerprint density at radius 1 is 1.14 bits per heavy atom. The van der Waals surface area contributed by atoms with Gasteiger partial charge in [-0.15, -0.1) is 17.0 Å². The van der Waals surface area contributed by atoms with E-state index in [1.807, 2.05) is 0 Å². The van der Waals surface area contributed by atoms with Crippen LogP contribution in [0.15, 0.2) is 0 Å². The first kappa shape index (κ1) is 25.8. The molecule has 3 N–H and O–H groups in total. The van der Waals surface area contributed by atoms with E-state index in [1.54, 1.807) is 0 Å². The Morgan fingerprint density at radius 3 is 2.21 bits per heavy atom. The first-order chi connectivity index (χ1) is 13.4. The SMILES string of the molecule is Br.COC(=O)CNC1(C[N+](=O)[O-])CCCCC1.O=C1CNC2(CCCCC2)CN1. The molecule has 1 saturated heterocycles. The van der Waals surface area contributed by atoms with Gasteiger partial charge in [-0.25, -0.2) is 0 Å². The van der Waals surface area contributed by atoms with Gasteiger partial charge in [0.15, 0.2) is 0 Å². The molecule has 2 saturated carbocycles. The number of methoxy groups -OCH3 is 1. The normalized spacial score (nSPS) is 22.3. The summed E-state index contributed by atoms with van der Waals surface area (Å²) in [6, 6.07) is 0. The zero-order valence-electron chi connectivity index (χ0n) is 17.3. The predicted molar refractivity (Wildman–Crippen MR) is 115 cm³/mol. The molecule has 0 radical (unpaired) electrons. The molecule has 1 aliphatic heterocycles. The highest BCUT2D eigenvalue weighted by molar-refractivity contribution is 8.93. The summed E-state index contributed by atoms with van der Waals surface area (Å²) in [5.74, 6) is -0.237. The highest BCUT2D eigenvalue weighted by Gasteiger charge is 2.37. The highest BCUT2D eigenvalue weighted by atomic mass is 79.9. The van der Waals surface area contributed by atoms with E-state index in [9.17, 15) is 19.7 Å². The molecule has 0 atom stereocenters. The number of nitrogens with zero attached hydrogens (tertiary/aromatic N) is 1. The molecule has 0 aromatic heterocycles. The molecule has 29 heavy (non-hydrogen) atoms. The third-order valence-corrected chi connectivity index (χ3v) is 6.14. The molecule has 3 aliphatic rings. The van der Waals surface area contributed by atoms with E-state index in [2.05, 4.69) is 20.7 Å². The van der Waals surface area contributed by atoms with Crippen LogP contribution >= 0.6 is 17.0 Å². The standard InChI is InChI=1S/C10H18N2O4.C9H16N2O.BrH/c1-16-9(13)7-11-10(8-12(14)15)5-3-2-4-6-10;12-8-6-11-9(7-10-8)4-2-1-3-5-9;/h11H,2-8H2,1H3;11H,1-7H2,(H,10,12);1H. The predicted octanol–water partition coefficient (Wildman–Crippen LogP) is 1.72. The minimum atomic E-state index is -0.518. The summed E-state index contributed by atoms with van der Waals surface area (Å²) in [7, 11) is 1.31. The van der Waals surface area contributed by atoms with Crippen LogP contribution in [0.1, 0.15) is 64.2 Å². The van der Waals surface area contributed by atoms with Crippen molar-refractivity contribution in [2.45, 2.75) is 75.3 Å². The van der Waals surface area contributed by atoms with Crippen molar-refractivity contribution < 1.29 is 19.2 Å². The first-order valence-electron chi connectivity index (χ1n) is 10.3.